The summed E-state index contributed by atoms with van der Waals surface area (Å²) in [6, 6.07) is 5.78. The van der Waals surface area contributed by atoms with Gasteiger partial charge in [-0.15, -0.1) is 0 Å². The molecule has 344 valence electrons. The summed E-state index contributed by atoms with van der Waals surface area (Å²) in [7, 11) is 1.94. The van der Waals surface area contributed by atoms with Gasteiger partial charge in [-0.1, -0.05) is 82.8 Å². The fourth-order valence-electron chi connectivity index (χ4n) is 18.1. The molecule has 9 heteroatoms. The first-order valence-electron chi connectivity index (χ1n) is 25.5. The zero-order valence-electron chi connectivity index (χ0n) is 38.2. The topological polar surface area (TPSA) is 157 Å². The fraction of sp³-hybridized carbons (Fsp3) is 0.778. The zero-order valence-corrected chi connectivity index (χ0v) is 38.2. The molecule has 1 aromatic rings. The first-order chi connectivity index (χ1) is 30.3. The number of aliphatic hydroxyl groups excluding tert-OH is 2. The molecule has 0 amide bonds. The lowest BCUT2D eigenvalue weighted by Crippen LogP contribution is -2.81. The Morgan fingerprint density at radius 3 is 2.56 bits per heavy atom. The maximum atomic E-state index is 14.6. The van der Waals surface area contributed by atoms with Crippen LogP contribution in [0.3, 0.4) is 0 Å². The van der Waals surface area contributed by atoms with Gasteiger partial charge < -0.3 is 40.4 Å². The first-order valence-corrected chi connectivity index (χ1v) is 25.5. The van der Waals surface area contributed by atoms with Crippen LogP contribution in [0.5, 0.6) is 0 Å². The molecule has 17 atom stereocenters. The first kappa shape index (κ1) is 44.3. The summed E-state index contributed by atoms with van der Waals surface area (Å²) >= 11 is 0. The summed E-state index contributed by atoms with van der Waals surface area (Å²) in [6.45, 7) is 4.46. The normalized spacial score (nSPS) is 46.8. The second kappa shape index (κ2) is 16.3. The van der Waals surface area contributed by atoms with Crippen LogP contribution in [-0.4, -0.2) is 79.9 Å². The van der Waals surface area contributed by atoms with Gasteiger partial charge in [0.15, 0.2) is 0 Å². The van der Waals surface area contributed by atoms with Crippen molar-refractivity contribution >= 4 is 12.3 Å². The molecule has 0 unspecified atom stereocenters. The van der Waals surface area contributed by atoms with Gasteiger partial charge in [0.05, 0.1) is 29.3 Å². The van der Waals surface area contributed by atoms with E-state index in [1.165, 1.54) is 25.7 Å². The van der Waals surface area contributed by atoms with Crippen LogP contribution in [-0.2, 0) is 27.4 Å². The number of likely N-dealkylation sites (N-methyl/N-ethyl adjacent to an activating group) is 1. The molecule has 6 N–H and O–H groups in total. The molecule has 63 heavy (non-hydrogen) atoms. The van der Waals surface area contributed by atoms with Crippen molar-refractivity contribution in [3.63, 3.8) is 0 Å². The smallest absolute Gasteiger partial charge is 0.331 e. The van der Waals surface area contributed by atoms with E-state index in [1.807, 2.05) is 25.2 Å². The summed E-state index contributed by atoms with van der Waals surface area (Å²) in [5, 5.41) is 69.1. The Morgan fingerprint density at radius 2 is 1.81 bits per heavy atom. The van der Waals surface area contributed by atoms with Gasteiger partial charge in [0, 0.05) is 47.3 Å². The third-order valence-electron chi connectivity index (χ3n) is 20.8. The van der Waals surface area contributed by atoms with Gasteiger partial charge in [-0.25, -0.2) is 4.79 Å². The summed E-state index contributed by atoms with van der Waals surface area (Å²) < 4.78 is 6.30. The van der Waals surface area contributed by atoms with Gasteiger partial charge in [0.25, 0.3) is 0 Å². The van der Waals surface area contributed by atoms with Crippen molar-refractivity contribution in [2.24, 2.45) is 70.0 Å². The molecule has 10 rings (SSSR count). The van der Waals surface area contributed by atoms with Crippen LogP contribution >= 0.6 is 0 Å². The van der Waals surface area contributed by atoms with Crippen LogP contribution in [0.4, 0.5) is 0 Å². The molecular formula is C54H75NO8. The van der Waals surface area contributed by atoms with Gasteiger partial charge in [0.1, 0.15) is 18.0 Å². The number of hydrogen-bond acceptors (Lipinski definition) is 9. The Balaban J connectivity index is 1.13. The maximum absolute atomic E-state index is 14.6. The van der Waals surface area contributed by atoms with E-state index >= 15 is 0 Å². The number of fused-ring (bicyclic) bond motifs is 7. The summed E-state index contributed by atoms with van der Waals surface area (Å²) in [6.07, 6.45) is 16.4. The van der Waals surface area contributed by atoms with Gasteiger partial charge in [-0.3, -0.25) is 0 Å². The number of nitrogens with one attached hydrogen (secondary N) is 1. The Bertz CT molecular complexity index is 2040. The summed E-state index contributed by atoms with van der Waals surface area (Å²) in [5.41, 5.74) is -3.44. The predicted octanol–water partition coefficient (Wildman–Crippen LogP) is 6.96. The Hall–Kier alpha value is -2.58. The van der Waals surface area contributed by atoms with Crippen LogP contribution in [0.2, 0.25) is 0 Å². The van der Waals surface area contributed by atoms with Crippen molar-refractivity contribution in [3.05, 3.63) is 46.5 Å². The summed E-state index contributed by atoms with van der Waals surface area (Å²) in [4.78, 5) is 28.1. The molecule has 0 saturated heterocycles. The zero-order chi connectivity index (χ0) is 44.1. The number of unbranched alkanes of at least 4 members (excludes halogenated alkanes) is 2. The highest BCUT2D eigenvalue weighted by Crippen LogP contribution is 2.78. The molecule has 1 heterocycles. The molecular weight excluding hydrogens is 791 g/mol. The van der Waals surface area contributed by atoms with E-state index in [4.69, 9.17) is 4.74 Å². The van der Waals surface area contributed by atoms with Gasteiger partial charge in [0.2, 0.25) is 0 Å². The Morgan fingerprint density at radius 1 is 1.00 bits per heavy atom. The number of aldehydes is 1. The van der Waals surface area contributed by atoms with Crippen LogP contribution in [0.1, 0.15) is 153 Å². The minimum absolute atomic E-state index is 0.0723. The highest BCUT2D eigenvalue weighted by Gasteiger charge is 2.83. The number of aliphatic hydroxyl groups is 5. The second-order valence-corrected chi connectivity index (χ2v) is 22.8. The molecule has 1 aromatic carbocycles. The Labute approximate surface area is 375 Å². The summed E-state index contributed by atoms with van der Waals surface area (Å²) in [5.74, 6) is 5.67. The molecule has 7 fully saturated rings. The average molecular weight is 866 g/mol. The molecule has 9 nitrogen and oxygen atoms in total. The van der Waals surface area contributed by atoms with Crippen molar-refractivity contribution in [1.29, 1.82) is 0 Å². The standard InChI is InChI=1S/C54H75NO8/c1-4-5-6-15-36-27-51(31-57)45-20-22-50-21-10-9-14-34-16-11-17-37(30-56)40(34)25-44(55-3)41-24-38(47(50)42-26-46(58)63-49(41)42)28-53(50,61)52(45,60)29-39-23-35(32(2)33-12-7-8-13-33)18-19-43(48(36)59)54(39,51)62/h11,16-17,26,31-33,35-36,38-39,41,43-45,47-49,55-56,59-62H,4-8,10,12-13,15,18-25,27-30H2,1-3H3/t32-,35-,36+,38-,39-,41-,43+,44+,45+,47+,48-,49-,50+,51-,52-,53+,54-/m0/s1. The van der Waals surface area contributed by atoms with Gasteiger partial charge >= 0.3 is 5.97 Å². The number of ether oxygens (including phenoxy) is 1. The maximum Gasteiger partial charge on any atom is 0.331 e. The van der Waals surface area contributed by atoms with Crippen molar-refractivity contribution in [2.45, 2.75) is 184 Å². The van der Waals surface area contributed by atoms with Crippen LogP contribution < -0.4 is 5.32 Å². The van der Waals surface area contributed by atoms with E-state index in [2.05, 4.69) is 31.0 Å². The predicted molar refractivity (Wildman–Crippen MR) is 240 cm³/mol. The number of benzene rings is 1. The van der Waals surface area contributed by atoms with Crippen molar-refractivity contribution < 1.29 is 39.9 Å². The SMILES string of the molecule is CCCCC[C@@H]1C[C@]2(C=O)[C@H]3CC[C@@]45CCC#Cc6cccc(CO)c6C[C@@H](NC)[C@@H]6C[C@@H](C[C@]4(O)[C@]3(O)C[C@@H]3C[C@@H]([C@@H](C)C4CCCC4)CC[C@H]([C@H]1O)[C@@]32O)[C@@H]5C1=CC(=O)O[C@H]16. The molecule has 4 bridgehead atoms. The molecule has 1 aliphatic heterocycles. The molecule has 7 saturated carbocycles. The third-order valence-corrected chi connectivity index (χ3v) is 20.8. The average Bonchev–Trinajstić information content (AvgIpc) is 3.99. The van der Waals surface area contributed by atoms with Gasteiger partial charge in [-0.05, 0) is 148 Å². The monoisotopic (exact) mass is 866 g/mol. The molecule has 1 spiro atoms. The van der Waals surface area contributed by atoms with Gasteiger partial charge in [-0.2, -0.15) is 0 Å². The van der Waals surface area contributed by atoms with E-state index < -0.39 is 57.6 Å². The highest BCUT2D eigenvalue weighted by molar-refractivity contribution is 5.86. The van der Waals surface area contributed by atoms with E-state index in [0.717, 1.165) is 60.7 Å². The molecule has 9 aliphatic rings. The molecule has 0 radical (unpaired) electrons. The number of carbonyl (C=O) groups excluding carboxylic acids is 2. The molecule has 8 aliphatic carbocycles. The lowest BCUT2D eigenvalue weighted by Gasteiger charge is -2.72. The van der Waals surface area contributed by atoms with Crippen LogP contribution in [0.15, 0.2) is 29.8 Å². The minimum atomic E-state index is -1.71. The van der Waals surface area contributed by atoms with Crippen LogP contribution in [0, 0.1) is 81.8 Å². The van der Waals surface area contributed by atoms with E-state index in [1.54, 1.807) is 6.08 Å². The van der Waals surface area contributed by atoms with Crippen molar-refractivity contribution in [3.8, 4) is 11.8 Å². The van der Waals surface area contributed by atoms with E-state index in [9.17, 15) is 35.1 Å². The lowest BCUT2D eigenvalue weighted by atomic mass is 9.35. The third kappa shape index (κ3) is 6.22. The fourth-order valence-corrected chi connectivity index (χ4v) is 18.1. The highest BCUT2D eigenvalue weighted by atomic mass is 16.5. The minimum Gasteiger partial charge on any atom is -0.454 e. The number of carbonyl (C=O) groups is 2. The largest absolute Gasteiger partial charge is 0.454 e. The van der Waals surface area contributed by atoms with Crippen LogP contribution in [0.25, 0.3) is 0 Å². The number of rotatable bonds is 9. The van der Waals surface area contributed by atoms with Crippen molar-refractivity contribution in [1.82, 2.24) is 5.32 Å². The van der Waals surface area contributed by atoms with E-state index in [-0.39, 0.29) is 54.6 Å². The Kier molecular flexibility index (Phi) is 11.5. The number of hydrogen-bond donors (Lipinski definition) is 6. The number of esters is 1. The quantitative estimate of drug-likeness (QED) is 0.0669. The van der Waals surface area contributed by atoms with Crippen molar-refractivity contribution in [2.75, 3.05) is 7.05 Å². The lowest BCUT2D eigenvalue weighted by molar-refractivity contribution is -0.348. The second-order valence-electron chi connectivity index (χ2n) is 22.8. The van der Waals surface area contributed by atoms with E-state index in [0.29, 0.717) is 76.0 Å². The molecule has 0 aromatic heterocycles.